The van der Waals surface area contributed by atoms with Crippen molar-refractivity contribution < 1.29 is 17.9 Å². The molecule has 3 aliphatic rings. The largest absolute Gasteiger partial charge is 0.490 e. The fraction of sp³-hybridized carbons (Fsp3) is 0.667. The molecule has 3 fully saturated rings. The Bertz CT molecular complexity index is 1090. The van der Waals surface area contributed by atoms with Crippen LogP contribution < -0.4 is 4.74 Å². The third-order valence-electron chi connectivity index (χ3n) is 9.14. The van der Waals surface area contributed by atoms with E-state index in [1.165, 1.54) is 64.2 Å². The Kier molecular flexibility index (Phi) is 11.9. The highest BCUT2D eigenvalue weighted by molar-refractivity contribution is 7.89. The van der Waals surface area contributed by atoms with Crippen LogP contribution in [0.25, 0.3) is 0 Å². The van der Waals surface area contributed by atoms with Crippen LogP contribution >= 0.6 is 0 Å². The van der Waals surface area contributed by atoms with Crippen molar-refractivity contribution in [3.05, 3.63) is 54.4 Å². The summed E-state index contributed by atoms with van der Waals surface area (Å²) in [5.41, 5.74) is 1.07. The summed E-state index contributed by atoms with van der Waals surface area (Å²) in [7, 11) is -3.37. The lowest BCUT2D eigenvalue weighted by Gasteiger charge is -2.35. The molecule has 2 aliphatic carbocycles. The fourth-order valence-corrected chi connectivity index (χ4v) is 7.75. The number of piperidine rings is 1. The molecule has 40 heavy (non-hydrogen) atoms. The lowest BCUT2D eigenvalue weighted by Crippen LogP contribution is -2.42. The molecule has 2 saturated carbocycles. The molecule has 0 amide bonds. The molecule has 0 atom stereocenters. The maximum absolute atomic E-state index is 12.7. The topological polar surface area (TPSA) is 68.7 Å². The lowest BCUT2D eigenvalue weighted by molar-refractivity contribution is -0.0543. The van der Waals surface area contributed by atoms with Gasteiger partial charge in [0.15, 0.2) is 0 Å². The summed E-state index contributed by atoms with van der Waals surface area (Å²) in [5, 5.41) is 0. The SMILES string of the molecule is CCC1CCC(OC2CCN(S(=O)(=O)c3ccc(C)cc3)CC2)CC1.CCC1CCC(Oc2ccncc2)CC1. The summed E-state index contributed by atoms with van der Waals surface area (Å²) in [4.78, 5) is 4.38. The molecule has 6 nitrogen and oxygen atoms in total. The Balaban J connectivity index is 0.000000210. The number of hydrogen-bond acceptors (Lipinski definition) is 5. The summed E-state index contributed by atoms with van der Waals surface area (Å²) in [6.45, 7) is 7.65. The molecule has 0 bridgehead atoms. The first-order valence-electron chi connectivity index (χ1n) is 15.7. The molecule has 0 radical (unpaired) electrons. The number of sulfonamides is 1. The van der Waals surface area contributed by atoms with Crippen LogP contribution in [0.1, 0.15) is 96.5 Å². The predicted molar refractivity (Wildman–Crippen MR) is 161 cm³/mol. The quantitative estimate of drug-likeness (QED) is 0.328. The molecular formula is C33H50N2O4S. The van der Waals surface area contributed by atoms with E-state index >= 15 is 0 Å². The molecule has 0 N–H and O–H groups in total. The van der Waals surface area contributed by atoms with Crippen molar-refractivity contribution in [2.24, 2.45) is 11.8 Å². The maximum Gasteiger partial charge on any atom is 0.243 e. The van der Waals surface area contributed by atoms with Crippen LogP contribution in [0.4, 0.5) is 0 Å². The third-order valence-corrected chi connectivity index (χ3v) is 11.1. The number of aryl methyl sites for hydroxylation is 1. The van der Waals surface area contributed by atoms with E-state index < -0.39 is 10.0 Å². The molecule has 1 aliphatic heterocycles. The zero-order chi connectivity index (χ0) is 28.4. The Labute approximate surface area is 242 Å². The molecule has 0 spiro atoms. The van der Waals surface area contributed by atoms with Crippen molar-refractivity contribution in [3.63, 3.8) is 0 Å². The van der Waals surface area contributed by atoms with Gasteiger partial charge in [0.05, 0.1) is 23.2 Å². The normalized spacial score (nSPS) is 26.5. The number of nitrogens with zero attached hydrogens (tertiary/aromatic N) is 2. The molecule has 0 unspecified atom stereocenters. The minimum Gasteiger partial charge on any atom is -0.490 e. The number of hydrogen-bond donors (Lipinski definition) is 0. The summed E-state index contributed by atoms with van der Waals surface area (Å²) in [5.74, 6) is 2.77. The average molecular weight is 571 g/mol. The van der Waals surface area contributed by atoms with E-state index in [1.807, 2.05) is 31.2 Å². The smallest absolute Gasteiger partial charge is 0.243 e. The summed E-state index contributed by atoms with van der Waals surface area (Å²) in [6, 6.07) is 11.0. The number of rotatable bonds is 8. The predicted octanol–water partition coefficient (Wildman–Crippen LogP) is 7.56. The second kappa shape index (κ2) is 15.3. The van der Waals surface area contributed by atoms with Crippen molar-refractivity contribution >= 4 is 10.0 Å². The van der Waals surface area contributed by atoms with Gasteiger partial charge < -0.3 is 9.47 Å². The molecule has 7 heteroatoms. The van der Waals surface area contributed by atoms with Gasteiger partial charge in [0.2, 0.25) is 10.0 Å². The van der Waals surface area contributed by atoms with Crippen LogP contribution in [-0.4, -0.2) is 49.1 Å². The highest BCUT2D eigenvalue weighted by Crippen LogP contribution is 2.31. The second-order valence-electron chi connectivity index (χ2n) is 12.0. The molecule has 2 aromatic rings. The Hall–Kier alpha value is -1.96. The van der Waals surface area contributed by atoms with Gasteiger partial charge in [-0.1, -0.05) is 44.4 Å². The van der Waals surface area contributed by atoms with E-state index in [0.717, 1.165) is 36.0 Å². The number of benzene rings is 1. The van der Waals surface area contributed by atoms with Gasteiger partial charge in [0.1, 0.15) is 5.75 Å². The maximum atomic E-state index is 12.7. The molecule has 1 aromatic carbocycles. The molecule has 5 rings (SSSR count). The van der Waals surface area contributed by atoms with Crippen LogP contribution in [0.3, 0.4) is 0 Å². The second-order valence-corrected chi connectivity index (χ2v) is 13.9. The van der Waals surface area contributed by atoms with Crippen LogP contribution in [0.5, 0.6) is 5.75 Å². The van der Waals surface area contributed by atoms with E-state index in [0.29, 0.717) is 30.2 Å². The first-order chi connectivity index (χ1) is 19.4. The zero-order valence-corrected chi connectivity index (χ0v) is 25.7. The number of ether oxygens (including phenoxy) is 2. The van der Waals surface area contributed by atoms with E-state index in [2.05, 4.69) is 18.8 Å². The molecule has 1 aromatic heterocycles. The molecular weight excluding hydrogens is 520 g/mol. The fourth-order valence-electron chi connectivity index (χ4n) is 6.28. The minimum absolute atomic E-state index is 0.215. The molecule has 2 heterocycles. The van der Waals surface area contributed by atoms with Crippen molar-refractivity contribution in [1.29, 1.82) is 0 Å². The highest BCUT2D eigenvalue weighted by Gasteiger charge is 2.31. The summed E-state index contributed by atoms with van der Waals surface area (Å²) in [6.07, 6.45) is 18.8. The van der Waals surface area contributed by atoms with Crippen molar-refractivity contribution in [2.75, 3.05) is 13.1 Å². The monoisotopic (exact) mass is 570 g/mol. The van der Waals surface area contributed by atoms with E-state index in [1.54, 1.807) is 28.8 Å². The Morgan fingerprint density at radius 1 is 0.725 bits per heavy atom. The van der Waals surface area contributed by atoms with Gasteiger partial charge in [-0.3, -0.25) is 4.98 Å². The van der Waals surface area contributed by atoms with Gasteiger partial charge in [-0.25, -0.2) is 8.42 Å². The van der Waals surface area contributed by atoms with Crippen LogP contribution in [0.2, 0.25) is 0 Å². The van der Waals surface area contributed by atoms with Crippen LogP contribution in [-0.2, 0) is 14.8 Å². The van der Waals surface area contributed by atoms with Gasteiger partial charge in [-0.05, 0) is 107 Å². The number of aromatic nitrogens is 1. The Morgan fingerprint density at radius 3 is 1.75 bits per heavy atom. The lowest BCUT2D eigenvalue weighted by atomic mass is 9.85. The van der Waals surface area contributed by atoms with Gasteiger partial charge in [0, 0.05) is 25.5 Å². The van der Waals surface area contributed by atoms with Gasteiger partial charge in [-0.2, -0.15) is 4.31 Å². The van der Waals surface area contributed by atoms with E-state index in [9.17, 15) is 8.42 Å². The molecule has 1 saturated heterocycles. The third kappa shape index (κ3) is 9.02. The van der Waals surface area contributed by atoms with Gasteiger partial charge in [0.25, 0.3) is 0 Å². The average Bonchev–Trinajstić information content (AvgIpc) is 2.99. The van der Waals surface area contributed by atoms with Crippen molar-refractivity contribution in [2.45, 2.75) is 121 Å². The summed E-state index contributed by atoms with van der Waals surface area (Å²) < 4.78 is 39.3. The van der Waals surface area contributed by atoms with Crippen molar-refractivity contribution in [3.8, 4) is 5.75 Å². The summed E-state index contributed by atoms with van der Waals surface area (Å²) >= 11 is 0. The van der Waals surface area contributed by atoms with E-state index in [4.69, 9.17) is 9.47 Å². The minimum atomic E-state index is -3.37. The van der Waals surface area contributed by atoms with Gasteiger partial charge >= 0.3 is 0 Å². The van der Waals surface area contributed by atoms with Crippen LogP contribution in [0.15, 0.2) is 53.7 Å². The van der Waals surface area contributed by atoms with Crippen LogP contribution in [0, 0.1) is 18.8 Å². The first kappa shape index (κ1) is 31.0. The molecule has 222 valence electrons. The number of pyridine rings is 1. The first-order valence-corrected chi connectivity index (χ1v) is 17.1. The van der Waals surface area contributed by atoms with Crippen molar-refractivity contribution in [1.82, 2.24) is 9.29 Å². The van der Waals surface area contributed by atoms with Gasteiger partial charge in [-0.15, -0.1) is 0 Å². The standard InChI is InChI=1S/C20H31NO3S.C13H19NO/c1-3-17-6-8-18(9-7-17)24-19-12-14-21(15-13-19)25(22,23)20-10-4-16(2)5-11-20;1-2-11-3-5-12(6-4-11)15-13-7-9-14-10-8-13/h4-5,10-11,17-19H,3,6-9,12-15H2,1-2H3;7-12H,2-6H2,1H3. The highest BCUT2D eigenvalue weighted by atomic mass is 32.2. The Morgan fingerprint density at radius 2 is 1.23 bits per heavy atom. The van der Waals surface area contributed by atoms with E-state index in [-0.39, 0.29) is 6.10 Å². The zero-order valence-electron chi connectivity index (χ0n) is 24.8.